The summed E-state index contributed by atoms with van der Waals surface area (Å²) in [7, 11) is -3.63. The van der Waals surface area contributed by atoms with Gasteiger partial charge in [-0.05, 0) is 30.3 Å². The van der Waals surface area contributed by atoms with Gasteiger partial charge in [0.2, 0.25) is 10.0 Å². The number of aryl methyl sites for hydroxylation is 1. The maximum Gasteiger partial charge on any atom is 0.236 e. The quantitative estimate of drug-likeness (QED) is 0.633. The molecular weight excluding hydrogens is 401 g/mol. The van der Waals surface area contributed by atoms with Gasteiger partial charge in [-0.2, -0.15) is 0 Å². The number of imidazole rings is 1. The van der Waals surface area contributed by atoms with Gasteiger partial charge < -0.3 is 9.30 Å². The van der Waals surface area contributed by atoms with E-state index >= 15 is 0 Å². The molecule has 2 heterocycles. The minimum Gasteiger partial charge on any atom is -0.492 e. The van der Waals surface area contributed by atoms with Crippen LogP contribution in [0.25, 0.3) is 11.3 Å². The number of aromatic nitrogens is 2. The zero-order chi connectivity index (χ0) is 19.6. The fourth-order valence-electron chi connectivity index (χ4n) is 2.85. The number of benzene rings is 2. The Labute approximate surface area is 166 Å². The number of hydrogen-bond donors (Lipinski definition) is 1. The molecule has 0 atom stereocenters. The lowest BCUT2D eigenvalue weighted by atomic mass is 10.1. The van der Waals surface area contributed by atoms with Crippen LogP contribution in [0.3, 0.4) is 0 Å². The van der Waals surface area contributed by atoms with Crippen LogP contribution >= 0.6 is 11.8 Å². The Hall–Kier alpha value is -2.52. The van der Waals surface area contributed by atoms with E-state index in [0.29, 0.717) is 11.4 Å². The Morgan fingerprint density at radius 1 is 1.18 bits per heavy atom. The van der Waals surface area contributed by atoms with Gasteiger partial charge in [-0.3, -0.25) is 4.72 Å². The van der Waals surface area contributed by atoms with Gasteiger partial charge in [0, 0.05) is 24.1 Å². The molecule has 3 aromatic rings. The smallest absolute Gasteiger partial charge is 0.236 e. The van der Waals surface area contributed by atoms with Crippen molar-refractivity contribution in [1.82, 2.24) is 9.55 Å². The van der Waals surface area contributed by atoms with Gasteiger partial charge in [0.25, 0.3) is 0 Å². The summed E-state index contributed by atoms with van der Waals surface area (Å²) in [6, 6.07) is 12.6. The largest absolute Gasteiger partial charge is 0.492 e. The average molecular weight is 420 g/mol. The second-order valence-corrected chi connectivity index (χ2v) is 9.12. The molecule has 0 unspecified atom stereocenters. The number of thioether (sulfide) groups is 1. The molecule has 28 heavy (non-hydrogen) atoms. The van der Waals surface area contributed by atoms with Gasteiger partial charge >= 0.3 is 0 Å². The second kappa shape index (κ2) is 7.84. The van der Waals surface area contributed by atoms with E-state index in [2.05, 4.69) is 14.3 Å². The summed E-state index contributed by atoms with van der Waals surface area (Å²) in [6.07, 6.45) is 1.94. The van der Waals surface area contributed by atoms with Gasteiger partial charge in [0.05, 0.1) is 11.4 Å². The number of nitrogens with zero attached hydrogens (tertiary/aromatic N) is 2. The highest BCUT2D eigenvalue weighted by molar-refractivity contribution is 7.99. The molecule has 0 saturated carbocycles. The van der Waals surface area contributed by atoms with Gasteiger partial charge in [-0.25, -0.2) is 17.8 Å². The number of halogens is 1. The normalized spacial score (nSPS) is 13.3. The second-order valence-electron chi connectivity index (χ2n) is 6.22. The molecule has 1 aliphatic heterocycles. The van der Waals surface area contributed by atoms with Crippen LogP contribution in [0.2, 0.25) is 0 Å². The van der Waals surface area contributed by atoms with Gasteiger partial charge in [-0.15, -0.1) is 0 Å². The molecule has 0 bridgehead atoms. The van der Waals surface area contributed by atoms with Crippen molar-refractivity contribution in [3.8, 4) is 17.0 Å². The molecular formula is C19H18FN3O3S2. The third kappa shape index (κ3) is 4.31. The third-order valence-electron chi connectivity index (χ3n) is 4.21. The Bertz CT molecular complexity index is 1060. The number of fused-ring (bicyclic) bond motifs is 1. The summed E-state index contributed by atoms with van der Waals surface area (Å²) >= 11 is 1.69. The molecule has 0 fully saturated rings. The summed E-state index contributed by atoms with van der Waals surface area (Å²) in [4.78, 5) is 4.60. The van der Waals surface area contributed by atoms with Crippen LogP contribution in [0.15, 0.2) is 59.9 Å². The predicted octanol–water partition coefficient (Wildman–Crippen LogP) is 3.62. The first-order valence-corrected chi connectivity index (χ1v) is 11.3. The highest BCUT2D eigenvalue weighted by Crippen LogP contribution is 2.32. The standard InChI is InChI=1S/C19H18FN3O3S2/c20-14-5-7-15(8-6-14)26-10-12-28(24,25)22-17-4-2-1-3-16(17)18-13-23-9-11-27-19(23)21-18/h1-8,13,22H,9-12H2. The lowest BCUT2D eigenvalue weighted by Crippen LogP contribution is -2.21. The number of ether oxygens (including phenoxy) is 1. The molecule has 0 spiro atoms. The first-order valence-electron chi connectivity index (χ1n) is 8.68. The van der Waals surface area contributed by atoms with E-state index in [1.165, 1.54) is 24.3 Å². The van der Waals surface area contributed by atoms with E-state index in [9.17, 15) is 12.8 Å². The number of rotatable bonds is 7. The first-order chi connectivity index (χ1) is 13.5. The minimum atomic E-state index is -3.63. The molecule has 0 radical (unpaired) electrons. The summed E-state index contributed by atoms with van der Waals surface area (Å²) in [5.74, 6) is 0.822. The van der Waals surface area contributed by atoms with E-state index in [1.807, 2.05) is 18.3 Å². The lowest BCUT2D eigenvalue weighted by molar-refractivity contribution is 0.340. The predicted molar refractivity (Wildman–Crippen MR) is 108 cm³/mol. The lowest BCUT2D eigenvalue weighted by Gasteiger charge is -2.12. The zero-order valence-corrected chi connectivity index (χ0v) is 16.5. The molecule has 2 aromatic carbocycles. The molecule has 1 aromatic heterocycles. The first kappa shape index (κ1) is 18.8. The molecule has 1 N–H and O–H groups in total. The molecule has 6 nitrogen and oxygen atoms in total. The Morgan fingerprint density at radius 3 is 2.75 bits per heavy atom. The monoisotopic (exact) mass is 419 g/mol. The van der Waals surface area contributed by atoms with Crippen LogP contribution in [-0.4, -0.2) is 36.1 Å². The van der Waals surface area contributed by atoms with Crippen molar-refractivity contribution in [2.24, 2.45) is 0 Å². The molecule has 4 rings (SSSR count). The molecule has 0 amide bonds. The number of sulfonamides is 1. The van der Waals surface area contributed by atoms with Crippen LogP contribution < -0.4 is 9.46 Å². The maximum absolute atomic E-state index is 12.9. The number of anilines is 1. The molecule has 1 aliphatic rings. The van der Waals surface area contributed by atoms with Crippen LogP contribution in [0.5, 0.6) is 5.75 Å². The van der Waals surface area contributed by atoms with E-state index in [4.69, 9.17) is 4.74 Å². The van der Waals surface area contributed by atoms with E-state index in [-0.39, 0.29) is 18.2 Å². The van der Waals surface area contributed by atoms with Crippen molar-refractivity contribution in [2.75, 3.05) is 22.8 Å². The summed E-state index contributed by atoms with van der Waals surface area (Å²) in [5.41, 5.74) is 1.95. The van der Waals surface area contributed by atoms with E-state index < -0.39 is 10.0 Å². The Balaban J connectivity index is 1.45. The number of para-hydroxylation sites is 1. The van der Waals surface area contributed by atoms with Crippen molar-refractivity contribution in [3.63, 3.8) is 0 Å². The number of hydrogen-bond acceptors (Lipinski definition) is 5. The SMILES string of the molecule is O=S(=O)(CCOc1ccc(F)cc1)Nc1ccccc1-c1cn2c(n1)SCC2. The van der Waals surface area contributed by atoms with Crippen molar-refractivity contribution in [1.29, 1.82) is 0 Å². The van der Waals surface area contributed by atoms with Crippen molar-refractivity contribution in [2.45, 2.75) is 11.7 Å². The van der Waals surface area contributed by atoms with Crippen LogP contribution in [0, 0.1) is 5.82 Å². The highest BCUT2D eigenvalue weighted by Gasteiger charge is 2.19. The van der Waals surface area contributed by atoms with Gasteiger partial charge in [0.1, 0.15) is 23.9 Å². The highest BCUT2D eigenvalue weighted by atomic mass is 32.2. The van der Waals surface area contributed by atoms with Crippen molar-refractivity contribution >= 4 is 27.5 Å². The van der Waals surface area contributed by atoms with E-state index in [0.717, 1.165) is 28.7 Å². The van der Waals surface area contributed by atoms with Crippen LogP contribution in [0.4, 0.5) is 10.1 Å². The molecule has 9 heteroatoms. The van der Waals surface area contributed by atoms with Gasteiger partial charge in [-0.1, -0.05) is 30.0 Å². The third-order valence-corrected chi connectivity index (χ3v) is 6.41. The fraction of sp³-hybridized carbons (Fsp3) is 0.211. The molecule has 0 aliphatic carbocycles. The molecule has 146 valence electrons. The minimum absolute atomic E-state index is 0.0431. The number of nitrogens with one attached hydrogen (secondary N) is 1. The van der Waals surface area contributed by atoms with Crippen LogP contribution in [0.1, 0.15) is 0 Å². The fourth-order valence-corrected chi connectivity index (χ4v) is 4.71. The summed E-state index contributed by atoms with van der Waals surface area (Å²) in [5, 5.41) is 0.945. The topological polar surface area (TPSA) is 73.2 Å². The van der Waals surface area contributed by atoms with Crippen molar-refractivity contribution in [3.05, 3.63) is 60.5 Å². The summed E-state index contributed by atoms with van der Waals surface area (Å²) < 4.78 is 48.0. The maximum atomic E-state index is 12.9. The Morgan fingerprint density at radius 2 is 1.96 bits per heavy atom. The Kier molecular flexibility index (Phi) is 5.27. The van der Waals surface area contributed by atoms with Crippen LogP contribution in [-0.2, 0) is 16.6 Å². The van der Waals surface area contributed by atoms with Gasteiger partial charge in [0.15, 0.2) is 5.16 Å². The molecule has 0 saturated heterocycles. The zero-order valence-electron chi connectivity index (χ0n) is 14.8. The summed E-state index contributed by atoms with van der Waals surface area (Å²) in [6.45, 7) is 0.861. The van der Waals surface area contributed by atoms with Crippen molar-refractivity contribution < 1.29 is 17.5 Å². The average Bonchev–Trinajstić information content (AvgIpc) is 3.25. The van der Waals surface area contributed by atoms with E-state index in [1.54, 1.807) is 23.9 Å².